The number of methoxy groups -OCH3 is 1. The highest BCUT2D eigenvalue weighted by Gasteiger charge is 2.19. The minimum atomic E-state index is 0.938. The van der Waals surface area contributed by atoms with Crippen LogP contribution in [0.2, 0.25) is 0 Å². The van der Waals surface area contributed by atoms with Crippen molar-refractivity contribution >= 4 is 15.4 Å². The molecule has 0 amide bonds. The van der Waals surface area contributed by atoms with Crippen molar-refractivity contribution in [1.82, 2.24) is 0 Å². The molecular weight excluding hydrogens is 296 g/mol. The van der Waals surface area contributed by atoms with E-state index in [2.05, 4.69) is 72.6 Å². The molecule has 0 saturated heterocycles. The lowest BCUT2D eigenvalue weighted by Crippen LogP contribution is -2.16. The first-order chi connectivity index (χ1) is 11.1. The molecule has 0 aliphatic carbocycles. The van der Waals surface area contributed by atoms with Crippen molar-refractivity contribution in [2.24, 2.45) is 0 Å². The van der Waals surface area contributed by atoms with Gasteiger partial charge in [0.1, 0.15) is 5.75 Å². The minimum Gasteiger partial charge on any atom is -0.496 e. The Hall–Kier alpha value is -2.32. The molecule has 0 aliphatic rings. The summed E-state index contributed by atoms with van der Waals surface area (Å²) >= 11 is 0. The number of hydrogen-bond acceptors (Lipinski definition) is 1. The molecule has 0 unspecified atom stereocenters. The SMILES string of the molecule is COc1c(C)c([Si])c(-c2ccccc2)c(-c2ccccc2)c1C. The molecule has 113 valence electrons. The van der Waals surface area contributed by atoms with Gasteiger partial charge < -0.3 is 4.74 Å². The highest BCUT2D eigenvalue weighted by molar-refractivity contribution is 6.38. The maximum Gasteiger partial charge on any atom is 0.125 e. The third-order valence-corrected chi connectivity index (χ3v) is 4.89. The molecule has 0 aromatic heterocycles. The van der Waals surface area contributed by atoms with Crippen LogP contribution < -0.4 is 9.92 Å². The second-order valence-corrected chi connectivity index (χ2v) is 6.14. The van der Waals surface area contributed by atoms with Gasteiger partial charge in [-0.2, -0.15) is 0 Å². The van der Waals surface area contributed by atoms with Gasteiger partial charge in [0.15, 0.2) is 0 Å². The van der Waals surface area contributed by atoms with Crippen LogP contribution in [0.5, 0.6) is 5.75 Å². The zero-order valence-corrected chi connectivity index (χ0v) is 14.7. The third kappa shape index (κ3) is 2.70. The zero-order valence-electron chi connectivity index (χ0n) is 13.7. The Kier molecular flexibility index (Phi) is 4.35. The van der Waals surface area contributed by atoms with Gasteiger partial charge in [-0.3, -0.25) is 0 Å². The van der Waals surface area contributed by atoms with Crippen molar-refractivity contribution in [3.05, 3.63) is 71.8 Å². The topological polar surface area (TPSA) is 9.23 Å². The smallest absolute Gasteiger partial charge is 0.125 e. The van der Waals surface area contributed by atoms with Crippen LogP contribution in [0, 0.1) is 13.8 Å². The average Bonchev–Trinajstić information content (AvgIpc) is 2.60. The van der Waals surface area contributed by atoms with Gasteiger partial charge in [-0.05, 0) is 47.2 Å². The molecule has 3 rings (SSSR count). The van der Waals surface area contributed by atoms with Crippen LogP contribution in [0.4, 0.5) is 0 Å². The maximum absolute atomic E-state index is 5.68. The zero-order chi connectivity index (χ0) is 16.4. The Morgan fingerprint density at radius 1 is 0.696 bits per heavy atom. The summed E-state index contributed by atoms with van der Waals surface area (Å²) in [6.07, 6.45) is 0. The highest BCUT2D eigenvalue weighted by Crippen LogP contribution is 2.39. The molecule has 23 heavy (non-hydrogen) atoms. The summed E-state index contributed by atoms with van der Waals surface area (Å²) in [4.78, 5) is 0. The fourth-order valence-electron chi connectivity index (χ4n) is 3.17. The van der Waals surface area contributed by atoms with Gasteiger partial charge in [0.25, 0.3) is 0 Å². The number of benzene rings is 3. The molecule has 0 aliphatic heterocycles. The number of ether oxygens (including phenoxy) is 1. The van der Waals surface area contributed by atoms with Gasteiger partial charge in [0.2, 0.25) is 0 Å². The molecule has 0 spiro atoms. The van der Waals surface area contributed by atoms with Crippen LogP contribution in [-0.2, 0) is 0 Å². The van der Waals surface area contributed by atoms with E-state index in [1.165, 1.54) is 22.3 Å². The van der Waals surface area contributed by atoms with Crippen LogP contribution in [0.1, 0.15) is 11.1 Å². The van der Waals surface area contributed by atoms with E-state index in [-0.39, 0.29) is 0 Å². The fourth-order valence-corrected chi connectivity index (χ4v) is 3.56. The Balaban J connectivity index is 2.43. The number of rotatable bonds is 3. The standard InChI is InChI=1S/C21H19OSi/c1-14-18(16-10-6-4-7-11-16)19(17-12-8-5-9-13-17)21(23)15(2)20(14)22-3/h4-13H,1-3H3. The Labute approximate surface area is 141 Å². The summed E-state index contributed by atoms with van der Waals surface area (Å²) in [5, 5.41) is 1.08. The summed E-state index contributed by atoms with van der Waals surface area (Å²) in [5.41, 5.74) is 7.11. The third-order valence-electron chi connectivity index (χ3n) is 4.26. The molecule has 2 heteroatoms. The van der Waals surface area contributed by atoms with Gasteiger partial charge in [-0.15, -0.1) is 0 Å². The van der Waals surface area contributed by atoms with E-state index in [9.17, 15) is 0 Å². The van der Waals surface area contributed by atoms with Crippen molar-refractivity contribution in [3.8, 4) is 28.0 Å². The normalized spacial score (nSPS) is 10.6. The van der Waals surface area contributed by atoms with E-state index in [1.807, 2.05) is 12.1 Å². The molecule has 0 atom stereocenters. The summed E-state index contributed by atoms with van der Waals surface area (Å²) < 4.78 is 5.68. The molecular formula is C21H19OSi. The van der Waals surface area contributed by atoms with E-state index < -0.39 is 0 Å². The summed E-state index contributed by atoms with van der Waals surface area (Å²) in [7, 11) is 5.61. The molecule has 0 bridgehead atoms. The predicted octanol–water partition coefficient (Wildman–Crippen LogP) is 4.44. The van der Waals surface area contributed by atoms with Gasteiger partial charge in [0, 0.05) is 0 Å². The van der Waals surface area contributed by atoms with E-state index in [0.717, 1.165) is 22.1 Å². The lowest BCUT2D eigenvalue weighted by Gasteiger charge is -2.22. The molecule has 3 aromatic carbocycles. The Morgan fingerprint density at radius 2 is 1.17 bits per heavy atom. The first-order valence-electron chi connectivity index (χ1n) is 7.68. The van der Waals surface area contributed by atoms with Crippen LogP contribution >= 0.6 is 0 Å². The van der Waals surface area contributed by atoms with E-state index in [1.54, 1.807) is 7.11 Å². The molecule has 3 radical (unpaired) electrons. The maximum atomic E-state index is 5.68. The molecule has 0 heterocycles. The Morgan fingerprint density at radius 3 is 1.65 bits per heavy atom. The van der Waals surface area contributed by atoms with Crippen LogP contribution in [-0.4, -0.2) is 17.4 Å². The van der Waals surface area contributed by atoms with Crippen molar-refractivity contribution in [3.63, 3.8) is 0 Å². The van der Waals surface area contributed by atoms with Gasteiger partial charge >= 0.3 is 0 Å². The van der Waals surface area contributed by atoms with Crippen LogP contribution in [0.3, 0.4) is 0 Å². The quantitative estimate of drug-likeness (QED) is 0.649. The lowest BCUT2D eigenvalue weighted by molar-refractivity contribution is 0.409. The van der Waals surface area contributed by atoms with Gasteiger partial charge in [-0.25, -0.2) is 0 Å². The number of hydrogen-bond donors (Lipinski definition) is 0. The van der Waals surface area contributed by atoms with Gasteiger partial charge in [0.05, 0.1) is 17.4 Å². The molecule has 0 fully saturated rings. The van der Waals surface area contributed by atoms with E-state index in [0.29, 0.717) is 0 Å². The van der Waals surface area contributed by atoms with E-state index in [4.69, 9.17) is 4.74 Å². The molecule has 1 nitrogen and oxygen atoms in total. The highest BCUT2D eigenvalue weighted by atomic mass is 28.1. The first-order valence-corrected chi connectivity index (χ1v) is 8.18. The van der Waals surface area contributed by atoms with Crippen LogP contribution in [0.15, 0.2) is 60.7 Å². The van der Waals surface area contributed by atoms with Crippen molar-refractivity contribution in [2.45, 2.75) is 13.8 Å². The molecule has 0 N–H and O–H groups in total. The second-order valence-electron chi connectivity index (χ2n) is 5.64. The average molecular weight is 315 g/mol. The molecule has 0 saturated carbocycles. The molecule has 3 aromatic rings. The Bertz CT molecular complexity index is 824. The van der Waals surface area contributed by atoms with Crippen LogP contribution in [0.25, 0.3) is 22.3 Å². The first kappa shape index (κ1) is 15.6. The predicted molar refractivity (Wildman–Crippen MR) is 98.7 cm³/mol. The summed E-state index contributed by atoms with van der Waals surface area (Å²) in [6.45, 7) is 4.22. The van der Waals surface area contributed by atoms with Crippen molar-refractivity contribution in [2.75, 3.05) is 7.11 Å². The summed E-state index contributed by atoms with van der Waals surface area (Å²) in [6, 6.07) is 21.0. The van der Waals surface area contributed by atoms with E-state index >= 15 is 0 Å². The largest absolute Gasteiger partial charge is 0.496 e. The second kappa shape index (κ2) is 6.43. The minimum absolute atomic E-state index is 0.938. The summed E-state index contributed by atoms with van der Waals surface area (Å²) in [5.74, 6) is 0.938. The van der Waals surface area contributed by atoms with Crippen molar-refractivity contribution < 1.29 is 4.74 Å². The fraction of sp³-hybridized carbons (Fsp3) is 0.143. The lowest BCUT2D eigenvalue weighted by atomic mass is 9.88. The van der Waals surface area contributed by atoms with Gasteiger partial charge in [-0.1, -0.05) is 65.9 Å². The monoisotopic (exact) mass is 315 g/mol. The van der Waals surface area contributed by atoms with Crippen molar-refractivity contribution in [1.29, 1.82) is 0 Å².